The molecule has 0 unspecified atom stereocenters. The molecule has 0 saturated carbocycles. The van der Waals surface area contributed by atoms with Gasteiger partial charge in [0.05, 0.1) is 0 Å². The van der Waals surface area contributed by atoms with Crippen LogP contribution in [0.15, 0.2) is 22.7 Å². The predicted octanol–water partition coefficient (Wildman–Crippen LogP) is 3.65. The Labute approximate surface area is 114 Å². The summed E-state index contributed by atoms with van der Waals surface area (Å²) in [6, 6.07) is 6.47. The lowest BCUT2D eigenvalue weighted by molar-refractivity contribution is 0.418. The van der Waals surface area contributed by atoms with E-state index >= 15 is 0 Å². The highest BCUT2D eigenvalue weighted by Crippen LogP contribution is 2.27. The Morgan fingerprint density at radius 1 is 1.29 bits per heavy atom. The minimum Gasteiger partial charge on any atom is -0.374 e. The molecule has 1 aromatic carbocycles. The SMILES string of the molecule is CNCc1ccc(Br)cc1N(C)CC(C)(C)C. The van der Waals surface area contributed by atoms with Crippen molar-refractivity contribution < 1.29 is 0 Å². The van der Waals surface area contributed by atoms with Crippen molar-refractivity contribution in [2.24, 2.45) is 5.41 Å². The minimum absolute atomic E-state index is 0.300. The first-order valence-electron chi connectivity index (χ1n) is 5.97. The van der Waals surface area contributed by atoms with Crippen LogP contribution in [-0.2, 0) is 6.54 Å². The molecule has 0 aromatic heterocycles. The van der Waals surface area contributed by atoms with Crippen LogP contribution in [0.2, 0.25) is 0 Å². The van der Waals surface area contributed by atoms with Crippen LogP contribution in [0.25, 0.3) is 0 Å². The van der Waals surface area contributed by atoms with E-state index in [0.29, 0.717) is 5.41 Å². The van der Waals surface area contributed by atoms with Crippen LogP contribution in [0.5, 0.6) is 0 Å². The molecule has 0 amide bonds. The Bertz CT molecular complexity index is 369. The van der Waals surface area contributed by atoms with E-state index in [1.165, 1.54) is 11.3 Å². The first-order valence-corrected chi connectivity index (χ1v) is 6.77. The summed E-state index contributed by atoms with van der Waals surface area (Å²) in [7, 11) is 4.14. The van der Waals surface area contributed by atoms with Gasteiger partial charge in [0.15, 0.2) is 0 Å². The smallest absolute Gasteiger partial charge is 0.0420 e. The number of anilines is 1. The second-order valence-corrected chi connectivity index (χ2v) is 6.64. The molecule has 0 saturated heterocycles. The van der Waals surface area contributed by atoms with E-state index in [-0.39, 0.29) is 0 Å². The van der Waals surface area contributed by atoms with Crippen LogP contribution in [0.4, 0.5) is 5.69 Å². The topological polar surface area (TPSA) is 15.3 Å². The summed E-state index contributed by atoms with van der Waals surface area (Å²) in [5, 5.41) is 3.22. The van der Waals surface area contributed by atoms with Crippen molar-refractivity contribution in [2.45, 2.75) is 27.3 Å². The van der Waals surface area contributed by atoms with Crippen molar-refractivity contribution in [3.63, 3.8) is 0 Å². The molecule has 17 heavy (non-hydrogen) atoms. The molecular formula is C14H23BrN2. The second-order valence-electron chi connectivity index (χ2n) is 5.72. The van der Waals surface area contributed by atoms with Gasteiger partial charge in [-0.1, -0.05) is 42.8 Å². The van der Waals surface area contributed by atoms with Gasteiger partial charge in [0, 0.05) is 30.3 Å². The third-order valence-corrected chi connectivity index (χ3v) is 3.03. The van der Waals surface area contributed by atoms with Gasteiger partial charge in [-0.05, 0) is 30.2 Å². The highest BCUT2D eigenvalue weighted by molar-refractivity contribution is 9.10. The van der Waals surface area contributed by atoms with Gasteiger partial charge in [-0.2, -0.15) is 0 Å². The Balaban J connectivity index is 2.97. The Morgan fingerprint density at radius 3 is 2.47 bits per heavy atom. The highest BCUT2D eigenvalue weighted by Gasteiger charge is 2.16. The summed E-state index contributed by atoms with van der Waals surface area (Å²) < 4.78 is 1.13. The quantitative estimate of drug-likeness (QED) is 0.913. The number of nitrogens with one attached hydrogen (secondary N) is 1. The highest BCUT2D eigenvalue weighted by atomic mass is 79.9. The second kappa shape index (κ2) is 5.87. The first kappa shape index (κ1) is 14.5. The van der Waals surface area contributed by atoms with Gasteiger partial charge in [0.2, 0.25) is 0 Å². The molecule has 1 rings (SSSR count). The molecule has 0 aliphatic rings. The maximum absolute atomic E-state index is 3.55. The Morgan fingerprint density at radius 2 is 1.94 bits per heavy atom. The number of halogens is 1. The molecule has 1 aromatic rings. The fourth-order valence-electron chi connectivity index (χ4n) is 2.03. The average molecular weight is 299 g/mol. The molecule has 0 spiro atoms. The average Bonchev–Trinajstić information content (AvgIpc) is 2.18. The van der Waals surface area contributed by atoms with Crippen LogP contribution in [0, 0.1) is 5.41 Å². The summed E-state index contributed by atoms with van der Waals surface area (Å²) in [5.41, 5.74) is 2.93. The van der Waals surface area contributed by atoms with Crippen LogP contribution in [-0.4, -0.2) is 20.6 Å². The van der Waals surface area contributed by atoms with Crippen molar-refractivity contribution in [2.75, 3.05) is 25.5 Å². The normalized spacial score (nSPS) is 11.6. The lowest BCUT2D eigenvalue weighted by Gasteiger charge is -2.30. The van der Waals surface area contributed by atoms with Gasteiger partial charge in [0.25, 0.3) is 0 Å². The molecular weight excluding hydrogens is 276 g/mol. The van der Waals surface area contributed by atoms with E-state index in [2.05, 4.69) is 72.2 Å². The van der Waals surface area contributed by atoms with Gasteiger partial charge in [-0.3, -0.25) is 0 Å². The van der Waals surface area contributed by atoms with E-state index in [1.54, 1.807) is 0 Å². The van der Waals surface area contributed by atoms with E-state index in [1.807, 2.05) is 7.05 Å². The molecule has 0 aliphatic heterocycles. The van der Waals surface area contributed by atoms with Crippen molar-refractivity contribution >= 4 is 21.6 Å². The summed E-state index contributed by atoms with van der Waals surface area (Å²) >= 11 is 3.55. The molecule has 0 atom stereocenters. The van der Waals surface area contributed by atoms with Gasteiger partial charge < -0.3 is 10.2 Å². The number of rotatable bonds is 4. The molecule has 1 N–H and O–H groups in total. The third kappa shape index (κ3) is 4.68. The van der Waals surface area contributed by atoms with Gasteiger partial charge in [0.1, 0.15) is 0 Å². The number of nitrogens with zero attached hydrogens (tertiary/aromatic N) is 1. The maximum atomic E-state index is 3.55. The standard InChI is InChI=1S/C14H23BrN2/c1-14(2,3)10-17(5)13-8-12(15)7-6-11(13)9-16-4/h6-8,16H,9-10H2,1-5H3. The van der Waals surface area contributed by atoms with Crippen molar-refractivity contribution in [3.05, 3.63) is 28.2 Å². The molecule has 0 radical (unpaired) electrons. The van der Waals surface area contributed by atoms with E-state index < -0.39 is 0 Å². The van der Waals surface area contributed by atoms with Gasteiger partial charge >= 0.3 is 0 Å². The van der Waals surface area contributed by atoms with Crippen molar-refractivity contribution in [3.8, 4) is 0 Å². The van der Waals surface area contributed by atoms with Gasteiger partial charge in [-0.25, -0.2) is 0 Å². The fraction of sp³-hybridized carbons (Fsp3) is 0.571. The zero-order chi connectivity index (χ0) is 13.1. The molecule has 96 valence electrons. The molecule has 0 fully saturated rings. The summed E-state index contributed by atoms with van der Waals surface area (Å²) in [6.45, 7) is 8.73. The number of benzene rings is 1. The van der Waals surface area contributed by atoms with Crippen LogP contribution in [0.1, 0.15) is 26.3 Å². The van der Waals surface area contributed by atoms with E-state index in [9.17, 15) is 0 Å². The first-order chi connectivity index (χ1) is 7.83. The van der Waals surface area contributed by atoms with Gasteiger partial charge in [-0.15, -0.1) is 0 Å². The zero-order valence-electron chi connectivity index (χ0n) is 11.5. The lowest BCUT2D eigenvalue weighted by atomic mass is 9.95. The largest absolute Gasteiger partial charge is 0.374 e. The fourth-order valence-corrected chi connectivity index (χ4v) is 2.38. The summed E-state index contributed by atoms with van der Waals surface area (Å²) in [5.74, 6) is 0. The number of hydrogen-bond acceptors (Lipinski definition) is 2. The lowest BCUT2D eigenvalue weighted by Crippen LogP contribution is -2.30. The summed E-state index contributed by atoms with van der Waals surface area (Å²) in [6.07, 6.45) is 0. The summed E-state index contributed by atoms with van der Waals surface area (Å²) in [4.78, 5) is 2.33. The Kier molecular flexibility index (Phi) is 5.02. The predicted molar refractivity (Wildman–Crippen MR) is 79.6 cm³/mol. The van der Waals surface area contributed by atoms with Crippen LogP contribution >= 0.6 is 15.9 Å². The monoisotopic (exact) mass is 298 g/mol. The van der Waals surface area contributed by atoms with Crippen molar-refractivity contribution in [1.29, 1.82) is 0 Å². The zero-order valence-corrected chi connectivity index (χ0v) is 13.1. The maximum Gasteiger partial charge on any atom is 0.0420 e. The van der Waals surface area contributed by atoms with Crippen LogP contribution < -0.4 is 10.2 Å². The number of hydrogen-bond donors (Lipinski definition) is 1. The molecule has 0 heterocycles. The Hall–Kier alpha value is -0.540. The minimum atomic E-state index is 0.300. The molecule has 3 heteroatoms. The van der Waals surface area contributed by atoms with E-state index in [4.69, 9.17) is 0 Å². The third-order valence-electron chi connectivity index (χ3n) is 2.54. The van der Waals surface area contributed by atoms with Crippen molar-refractivity contribution in [1.82, 2.24) is 5.32 Å². The molecule has 0 bridgehead atoms. The van der Waals surface area contributed by atoms with Crippen LogP contribution in [0.3, 0.4) is 0 Å². The molecule has 2 nitrogen and oxygen atoms in total. The molecule has 0 aliphatic carbocycles. The van der Waals surface area contributed by atoms with E-state index in [0.717, 1.165) is 17.6 Å².